The van der Waals surface area contributed by atoms with Crippen molar-refractivity contribution in [3.8, 4) is 5.75 Å². The Bertz CT molecular complexity index is 479. The fourth-order valence-electron chi connectivity index (χ4n) is 1.78. The molecule has 2 aromatic rings. The monoisotopic (exact) mass is 261 g/mol. The average molecular weight is 261 g/mol. The SMILES string of the molecule is CCNCc1cc(C)ccc1OCc1ccsc1. The number of hydrogen-bond donors (Lipinski definition) is 1. The van der Waals surface area contributed by atoms with Crippen molar-refractivity contribution in [2.24, 2.45) is 0 Å². The van der Waals surface area contributed by atoms with Crippen LogP contribution in [0.15, 0.2) is 35.0 Å². The Morgan fingerprint density at radius 2 is 2.17 bits per heavy atom. The summed E-state index contributed by atoms with van der Waals surface area (Å²) < 4.78 is 5.90. The molecule has 0 saturated heterocycles. The Kier molecular flexibility index (Phi) is 4.79. The minimum absolute atomic E-state index is 0.645. The van der Waals surface area contributed by atoms with Crippen molar-refractivity contribution < 1.29 is 4.74 Å². The molecule has 2 rings (SSSR count). The van der Waals surface area contributed by atoms with Crippen LogP contribution >= 0.6 is 11.3 Å². The lowest BCUT2D eigenvalue weighted by Gasteiger charge is -2.12. The summed E-state index contributed by atoms with van der Waals surface area (Å²) in [5.74, 6) is 0.979. The Balaban J connectivity index is 2.05. The van der Waals surface area contributed by atoms with E-state index in [4.69, 9.17) is 4.74 Å². The number of aryl methyl sites for hydroxylation is 1. The Morgan fingerprint density at radius 3 is 2.89 bits per heavy atom. The van der Waals surface area contributed by atoms with Crippen molar-refractivity contribution in [3.63, 3.8) is 0 Å². The van der Waals surface area contributed by atoms with Crippen LogP contribution in [-0.2, 0) is 13.2 Å². The summed E-state index contributed by atoms with van der Waals surface area (Å²) in [5, 5.41) is 7.55. The third-order valence-electron chi connectivity index (χ3n) is 2.76. The maximum atomic E-state index is 5.90. The van der Waals surface area contributed by atoms with E-state index in [0.717, 1.165) is 18.8 Å². The van der Waals surface area contributed by atoms with Crippen LogP contribution in [0, 0.1) is 6.92 Å². The number of thiophene rings is 1. The summed E-state index contributed by atoms with van der Waals surface area (Å²) in [5.41, 5.74) is 3.73. The molecule has 0 saturated carbocycles. The van der Waals surface area contributed by atoms with Crippen molar-refractivity contribution >= 4 is 11.3 Å². The molecule has 0 spiro atoms. The summed E-state index contributed by atoms with van der Waals surface area (Å²) in [6, 6.07) is 8.45. The molecule has 96 valence electrons. The van der Waals surface area contributed by atoms with Gasteiger partial charge >= 0.3 is 0 Å². The van der Waals surface area contributed by atoms with Gasteiger partial charge in [-0.3, -0.25) is 0 Å². The van der Waals surface area contributed by atoms with Gasteiger partial charge in [-0.1, -0.05) is 24.6 Å². The number of rotatable bonds is 6. The molecule has 0 aliphatic carbocycles. The second-order valence-electron chi connectivity index (χ2n) is 4.31. The summed E-state index contributed by atoms with van der Waals surface area (Å²) in [6.45, 7) is 6.69. The van der Waals surface area contributed by atoms with E-state index in [2.05, 4.69) is 54.2 Å². The molecule has 0 fully saturated rings. The van der Waals surface area contributed by atoms with Crippen LogP contribution < -0.4 is 10.1 Å². The summed E-state index contributed by atoms with van der Waals surface area (Å²) in [7, 11) is 0. The van der Waals surface area contributed by atoms with Gasteiger partial charge in [0.05, 0.1) is 0 Å². The number of hydrogen-bond acceptors (Lipinski definition) is 3. The van der Waals surface area contributed by atoms with Crippen LogP contribution in [0.1, 0.15) is 23.6 Å². The molecule has 1 aromatic carbocycles. The molecule has 1 aromatic heterocycles. The van der Waals surface area contributed by atoms with Crippen LogP contribution in [0.5, 0.6) is 5.75 Å². The van der Waals surface area contributed by atoms with Gasteiger partial charge in [0.15, 0.2) is 0 Å². The van der Waals surface area contributed by atoms with Gasteiger partial charge in [0, 0.05) is 12.1 Å². The molecule has 0 bridgehead atoms. The van der Waals surface area contributed by atoms with Crippen LogP contribution in [0.25, 0.3) is 0 Å². The highest BCUT2D eigenvalue weighted by atomic mass is 32.1. The van der Waals surface area contributed by atoms with Gasteiger partial charge in [0.25, 0.3) is 0 Å². The minimum atomic E-state index is 0.645. The zero-order valence-electron chi connectivity index (χ0n) is 10.9. The zero-order chi connectivity index (χ0) is 12.8. The third-order valence-corrected chi connectivity index (χ3v) is 3.49. The minimum Gasteiger partial charge on any atom is -0.489 e. The fourth-order valence-corrected chi connectivity index (χ4v) is 2.44. The molecule has 18 heavy (non-hydrogen) atoms. The second-order valence-corrected chi connectivity index (χ2v) is 5.09. The molecular weight excluding hydrogens is 242 g/mol. The van der Waals surface area contributed by atoms with E-state index < -0.39 is 0 Å². The highest BCUT2D eigenvalue weighted by molar-refractivity contribution is 7.07. The van der Waals surface area contributed by atoms with Crippen LogP contribution in [0.2, 0.25) is 0 Å². The van der Waals surface area contributed by atoms with Crippen molar-refractivity contribution in [1.82, 2.24) is 5.32 Å². The molecule has 0 unspecified atom stereocenters. The summed E-state index contributed by atoms with van der Waals surface area (Å²) in [4.78, 5) is 0. The number of ether oxygens (including phenoxy) is 1. The van der Waals surface area contributed by atoms with Gasteiger partial charge in [-0.25, -0.2) is 0 Å². The highest BCUT2D eigenvalue weighted by Crippen LogP contribution is 2.21. The molecule has 1 heterocycles. The first-order valence-corrected chi connectivity index (χ1v) is 7.18. The molecule has 3 heteroatoms. The Morgan fingerprint density at radius 1 is 1.28 bits per heavy atom. The first-order chi connectivity index (χ1) is 8.79. The van der Waals surface area contributed by atoms with Gasteiger partial charge in [0.2, 0.25) is 0 Å². The van der Waals surface area contributed by atoms with E-state index >= 15 is 0 Å². The maximum absolute atomic E-state index is 5.90. The van der Waals surface area contributed by atoms with E-state index in [0.29, 0.717) is 6.61 Å². The van der Waals surface area contributed by atoms with Crippen LogP contribution in [0.3, 0.4) is 0 Å². The van der Waals surface area contributed by atoms with E-state index in [1.165, 1.54) is 16.7 Å². The molecular formula is C15H19NOS. The predicted molar refractivity (Wildman–Crippen MR) is 77.2 cm³/mol. The van der Waals surface area contributed by atoms with Crippen LogP contribution in [0.4, 0.5) is 0 Å². The normalized spacial score (nSPS) is 10.6. The van der Waals surface area contributed by atoms with Gasteiger partial charge < -0.3 is 10.1 Å². The maximum Gasteiger partial charge on any atom is 0.124 e. The fraction of sp³-hybridized carbons (Fsp3) is 0.333. The van der Waals surface area contributed by atoms with E-state index in [-0.39, 0.29) is 0 Å². The molecule has 0 amide bonds. The summed E-state index contributed by atoms with van der Waals surface area (Å²) in [6.07, 6.45) is 0. The first kappa shape index (κ1) is 13.1. The molecule has 0 aliphatic heterocycles. The van der Waals surface area contributed by atoms with Crippen molar-refractivity contribution in [2.75, 3.05) is 6.54 Å². The summed E-state index contributed by atoms with van der Waals surface area (Å²) >= 11 is 1.70. The molecule has 0 atom stereocenters. The van der Waals surface area contributed by atoms with Gasteiger partial charge in [-0.2, -0.15) is 11.3 Å². The molecule has 0 aliphatic rings. The van der Waals surface area contributed by atoms with Crippen LogP contribution in [-0.4, -0.2) is 6.54 Å². The zero-order valence-corrected chi connectivity index (χ0v) is 11.7. The van der Waals surface area contributed by atoms with E-state index in [9.17, 15) is 0 Å². The quantitative estimate of drug-likeness (QED) is 0.855. The Labute approximate surface area is 113 Å². The van der Waals surface area contributed by atoms with E-state index in [1.807, 2.05) is 0 Å². The lowest BCUT2D eigenvalue weighted by molar-refractivity contribution is 0.302. The van der Waals surface area contributed by atoms with Crippen molar-refractivity contribution in [3.05, 3.63) is 51.7 Å². The smallest absolute Gasteiger partial charge is 0.124 e. The molecule has 0 radical (unpaired) electrons. The predicted octanol–water partition coefficient (Wildman–Crippen LogP) is 3.75. The van der Waals surface area contributed by atoms with Crippen molar-refractivity contribution in [1.29, 1.82) is 0 Å². The molecule has 1 N–H and O–H groups in total. The largest absolute Gasteiger partial charge is 0.489 e. The molecule has 2 nitrogen and oxygen atoms in total. The lowest BCUT2D eigenvalue weighted by atomic mass is 10.1. The first-order valence-electron chi connectivity index (χ1n) is 6.23. The van der Waals surface area contributed by atoms with Gasteiger partial charge in [-0.05, 0) is 41.9 Å². The second kappa shape index (κ2) is 6.57. The van der Waals surface area contributed by atoms with E-state index in [1.54, 1.807) is 11.3 Å². The Hall–Kier alpha value is -1.32. The van der Waals surface area contributed by atoms with Crippen molar-refractivity contribution in [2.45, 2.75) is 27.0 Å². The lowest BCUT2D eigenvalue weighted by Crippen LogP contribution is -2.13. The average Bonchev–Trinajstić information content (AvgIpc) is 2.88. The van der Waals surface area contributed by atoms with Gasteiger partial charge in [-0.15, -0.1) is 0 Å². The number of nitrogens with one attached hydrogen (secondary N) is 1. The highest BCUT2D eigenvalue weighted by Gasteiger charge is 2.04. The standard InChI is InChI=1S/C15H19NOS/c1-3-16-9-14-8-12(2)4-5-15(14)17-10-13-6-7-18-11-13/h4-8,11,16H,3,9-10H2,1-2H3. The topological polar surface area (TPSA) is 21.3 Å². The third kappa shape index (κ3) is 3.59. The van der Waals surface area contributed by atoms with Gasteiger partial charge in [0.1, 0.15) is 12.4 Å². The number of benzene rings is 1.